The number of rotatable bonds is 3. The maximum Gasteiger partial charge on any atom is 0.237 e. The summed E-state index contributed by atoms with van der Waals surface area (Å²) in [6.45, 7) is 5.80. The topological polar surface area (TPSA) is 98.2 Å². The van der Waals surface area contributed by atoms with Crippen LogP contribution in [0.1, 0.15) is 46.5 Å². The fraction of sp³-hybridized carbons (Fsp3) is 0.846. The molecule has 5 N–H and O–H groups in total. The van der Waals surface area contributed by atoms with Gasteiger partial charge in [-0.2, -0.15) is 0 Å². The normalized spacial score (nSPS) is 25.1. The molecule has 2 amide bonds. The molecule has 0 spiro atoms. The zero-order valence-electron chi connectivity index (χ0n) is 11.9. The number of carbonyl (C=O) groups is 2. The largest absolute Gasteiger partial charge is 0.369 e. The van der Waals surface area contributed by atoms with Gasteiger partial charge < -0.3 is 16.8 Å². The molecule has 19 heavy (non-hydrogen) atoms. The van der Waals surface area contributed by atoms with Crippen molar-refractivity contribution in [2.24, 2.45) is 22.8 Å². The SMILES string of the molecule is CC(C)(C)[C@H](N)C(=O)NC1CCCC(C(N)=O)C1.Cl. The lowest BCUT2D eigenvalue weighted by Crippen LogP contribution is -2.52. The van der Waals surface area contributed by atoms with E-state index in [1.807, 2.05) is 20.8 Å². The van der Waals surface area contributed by atoms with Crippen LogP contribution in [0.2, 0.25) is 0 Å². The van der Waals surface area contributed by atoms with E-state index in [-0.39, 0.29) is 41.6 Å². The summed E-state index contributed by atoms with van der Waals surface area (Å²) in [7, 11) is 0. The van der Waals surface area contributed by atoms with Crippen molar-refractivity contribution in [2.45, 2.75) is 58.5 Å². The van der Waals surface area contributed by atoms with Gasteiger partial charge in [-0.25, -0.2) is 0 Å². The quantitative estimate of drug-likeness (QED) is 0.722. The molecule has 3 atom stereocenters. The number of amides is 2. The van der Waals surface area contributed by atoms with Crippen LogP contribution in [0.25, 0.3) is 0 Å². The van der Waals surface area contributed by atoms with Gasteiger partial charge in [0.05, 0.1) is 6.04 Å². The van der Waals surface area contributed by atoms with Crippen molar-refractivity contribution in [1.29, 1.82) is 0 Å². The van der Waals surface area contributed by atoms with Crippen LogP contribution in [0.5, 0.6) is 0 Å². The van der Waals surface area contributed by atoms with Crippen LogP contribution in [0, 0.1) is 11.3 Å². The standard InChI is InChI=1S/C13H25N3O2.ClH/c1-13(2,3)10(14)12(18)16-9-6-4-5-8(7-9)11(15)17;/h8-10H,4-7,14H2,1-3H3,(H2,15,17)(H,16,18);1H/t8?,9?,10-;/m1./s1. The van der Waals surface area contributed by atoms with E-state index in [0.717, 1.165) is 19.3 Å². The highest BCUT2D eigenvalue weighted by Gasteiger charge is 2.31. The molecule has 6 heteroatoms. The third kappa shape index (κ3) is 5.37. The smallest absolute Gasteiger partial charge is 0.237 e. The summed E-state index contributed by atoms with van der Waals surface area (Å²) < 4.78 is 0. The molecular formula is C13H26ClN3O2. The minimum Gasteiger partial charge on any atom is -0.369 e. The molecule has 1 saturated carbocycles. The molecule has 0 saturated heterocycles. The first-order valence-corrected chi connectivity index (χ1v) is 6.57. The Morgan fingerprint density at radius 1 is 1.26 bits per heavy atom. The minimum absolute atomic E-state index is 0. The third-order valence-corrected chi connectivity index (χ3v) is 3.64. The molecule has 1 aliphatic rings. The maximum atomic E-state index is 12.0. The number of carbonyl (C=O) groups excluding carboxylic acids is 2. The van der Waals surface area contributed by atoms with Gasteiger partial charge in [0.2, 0.25) is 11.8 Å². The van der Waals surface area contributed by atoms with Crippen LogP contribution in [0.4, 0.5) is 0 Å². The molecule has 1 rings (SSSR count). The molecule has 5 nitrogen and oxygen atoms in total. The predicted molar refractivity (Wildman–Crippen MR) is 77.8 cm³/mol. The second-order valence-corrected chi connectivity index (χ2v) is 6.32. The zero-order chi connectivity index (χ0) is 13.9. The molecule has 0 aliphatic heterocycles. The number of nitrogens with one attached hydrogen (secondary N) is 1. The number of halogens is 1. The Morgan fingerprint density at radius 3 is 2.32 bits per heavy atom. The van der Waals surface area contributed by atoms with Gasteiger partial charge in [0, 0.05) is 12.0 Å². The van der Waals surface area contributed by atoms with E-state index >= 15 is 0 Å². The van der Waals surface area contributed by atoms with E-state index in [2.05, 4.69) is 5.32 Å². The average molecular weight is 292 g/mol. The Hall–Kier alpha value is -0.810. The van der Waals surface area contributed by atoms with Crippen molar-refractivity contribution < 1.29 is 9.59 Å². The van der Waals surface area contributed by atoms with E-state index in [4.69, 9.17) is 11.5 Å². The Morgan fingerprint density at radius 2 is 1.84 bits per heavy atom. The molecule has 0 aromatic heterocycles. The van der Waals surface area contributed by atoms with E-state index < -0.39 is 6.04 Å². The lowest BCUT2D eigenvalue weighted by Gasteiger charge is -2.31. The molecule has 0 radical (unpaired) electrons. The van der Waals surface area contributed by atoms with Crippen molar-refractivity contribution in [3.05, 3.63) is 0 Å². The number of hydrogen-bond acceptors (Lipinski definition) is 3. The Bertz CT molecular complexity index is 328. The molecule has 112 valence electrons. The molecule has 0 heterocycles. The van der Waals surface area contributed by atoms with E-state index in [1.165, 1.54) is 0 Å². The van der Waals surface area contributed by atoms with Crippen molar-refractivity contribution in [3.8, 4) is 0 Å². The highest BCUT2D eigenvalue weighted by molar-refractivity contribution is 5.85. The summed E-state index contributed by atoms with van der Waals surface area (Å²) in [6.07, 6.45) is 3.28. The van der Waals surface area contributed by atoms with Gasteiger partial charge in [-0.3, -0.25) is 9.59 Å². The monoisotopic (exact) mass is 291 g/mol. The van der Waals surface area contributed by atoms with Crippen molar-refractivity contribution in [2.75, 3.05) is 0 Å². The summed E-state index contributed by atoms with van der Waals surface area (Å²) in [5, 5.41) is 2.94. The second-order valence-electron chi connectivity index (χ2n) is 6.32. The van der Waals surface area contributed by atoms with Gasteiger partial charge in [-0.05, 0) is 24.7 Å². The van der Waals surface area contributed by atoms with Gasteiger partial charge in [0.1, 0.15) is 0 Å². The van der Waals surface area contributed by atoms with Crippen LogP contribution >= 0.6 is 12.4 Å². The molecule has 0 bridgehead atoms. The number of hydrogen-bond donors (Lipinski definition) is 3. The van der Waals surface area contributed by atoms with Crippen LogP contribution in [0.3, 0.4) is 0 Å². The van der Waals surface area contributed by atoms with Crippen LogP contribution in [-0.4, -0.2) is 23.9 Å². The van der Waals surface area contributed by atoms with Gasteiger partial charge >= 0.3 is 0 Å². The molecule has 0 aromatic rings. The van der Waals surface area contributed by atoms with Crippen LogP contribution < -0.4 is 16.8 Å². The molecule has 2 unspecified atom stereocenters. The lowest BCUT2D eigenvalue weighted by atomic mass is 9.83. The zero-order valence-corrected chi connectivity index (χ0v) is 12.8. The highest BCUT2D eigenvalue weighted by atomic mass is 35.5. The number of primary amides is 1. The maximum absolute atomic E-state index is 12.0. The Labute approximate surface area is 121 Å². The first-order valence-electron chi connectivity index (χ1n) is 6.57. The van der Waals surface area contributed by atoms with Crippen molar-refractivity contribution in [1.82, 2.24) is 5.32 Å². The summed E-state index contributed by atoms with van der Waals surface area (Å²) in [6, 6.07) is -0.511. The fourth-order valence-electron chi connectivity index (χ4n) is 2.26. The summed E-state index contributed by atoms with van der Waals surface area (Å²) in [5.41, 5.74) is 11.0. The highest BCUT2D eigenvalue weighted by Crippen LogP contribution is 2.24. The van der Waals surface area contributed by atoms with Crippen LogP contribution in [0.15, 0.2) is 0 Å². The fourth-order valence-corrected chi connectivity index (χ4v) is 2.26. The van der Waals surface area contributed by atoms with Crippen molar-refractivity contribution >= 4 is 24.2 Å². The first kappa shape index (κ1) is 18.2. The summed E-state index contributed by atoms with van der Waals surface area (Å²) >= 11 is 0. The lowest BCUT2D eigenvalue weighted by molar-refractivity contribution is -0.127. The Kier molecular flexibility index (Phi) is 6.80. The summed E-state index contributed by atoms with van der Waals surface area (Å²) in [5.74, 6) is -0.526. The van der Waals surface area contributed by atoms with E-state index in [9.17, 15) is 9.59 Å². The first-order chi connectivity index (χ1) is 8.21. The van der Waals surface area contributed by atoms with Gasteiger partial charge in [0.25, 0.3) is 0 Å². The van der Waals surface area contributed by atoms with Crippen LogP contribution in [-0.2, 0) is 9.59 Å². The van der Waals surface area contributed by atoms with E-state index in [1.54, 1.807) is 0 Å². The summed E-state index contributed by atoms with van der Waals surface area (Å²) in [4.78, 5) is 23.1. The molecular weight excluding hydrogens is 266 g/mol. The van der Waals surface area contributed by atoms with Gasteiger partial charge in [-0.1, -0.05) is 27.2 Å². The van der Waals surface area contributed by atoms with E-state index in [0.29, 0.717) is 6.42 Å². The average Bonchev–Trinajstić information content (AvgIpc) is 2.27. The second kappa shape index (κ2) is 7.10. The van der Waals surface area contributed by atoms with Crippen molar-refractivity contribution in [3.63, 3.8) is 0 Å². The number of nitrogens with two attached hydrogens (primary N) is 2. The molecule has 1 fully saturated rings. The minimum atomic E-state index is -0.536. The van der Waals surface area contributed by atoms with Gasteiger partial charge in [-0.15, -0.1) is 12.4 Å². The third-order valence-electron chi connectivity index (χ3n) is 3.64. The predicted octanol–water partition coefficient (Wildman–Crippen LogP) is 0.942. The Balaban J connectivity index is 0.00000324. The van der Waals surface area contributed by atoms with Gasteiger partial charge in [0.15, 0.2) is 0 Å². The molecule has 0 aromatic carbocycles. The molecule has 1 aliphatic carbocycles.